The molecule has 0 saturated heterocycles. The average molecular weight is 195 g/mol. The van der Waals surface area contributed by atoms with E-state index in [-0.39, 0.29) is 25.8 Å². The normalized spacial score (nSPS) is 6.15. The van der Waals surface area contributed by atoms with Crippen molar-refractivity contribution in [2.75, 3.05) is 13.2 Å². The van der Waals surface area contributed by atoms with E-state index in [9.17, 15) is 4.79 Å². The fraction of sp³-hybridized carbons (Fsp3) is 0.625. The van der Waals surface area contributed by atoms with Crippen LogP contribution in [0.15, 0.2) is 12.7 Å². The minimum atomic E-state index is -0.745. The summed E-state index contributed by atoms with van der Waals surface area (Å²) in [6.45, 7) is 6.60. The number of rotatable bonds is 2. The number of allylic oxidation sites excluding steroid dienone is 1. The van der Waals surface area contributed by atoms with Crippen LogP contribution in [0.4, 0.5) is 0 Å². The molecule has 0 aliphatic carbocycles. The first-order chi connectivity index (χ1) is 5.60. The zero-order valence-electron chi connectivity index (χ0n) is 8.36. The Morgan fingerprint density at radius 1 is 1.38 bits per heavy atom. The van der Waals surface area contributed by atoms with Crippen molar-refractivity contribution in [1.82, 2.24) is 6.15 Å². The zero-order chi connectivity index (χ0) is 10.4. The lowest BCUT2D eigenvalue weighted by Gasteiger charge is -1.71. The van der Waals surface area contributed by atoms with E-state index in [4.69, 9.17) is 15.3 Å². The van der Waals surface area contributed by atoms with E-state index in [1.165, 1.54) is 0 Å². The summed E-state index contributed by atoms with van der Waals surface area (Å²) in [5.41, 5.74) is 0. The molecule has 0 unspecified atom stereocenters. The molecule has 0 aromatic carbocycles. The number of aliphatic hydroxyl groups excluding tert-OH is 2. The van der Waals surface area contributed by atoms with Gasteiger partial charge in [0.05, 0.1) is 13.2 Å². The summed E-state index contributed by atoms with van der Waals surface area (Å²) in [5, 5.41) is 23.0. The Labute approximate surface area is 79.3 Å². The third-order valence-corrected chi connectivity index (χ3v) is 0.402. The number of carboxylic acid groups (broad SMARTS) is 1. The van der Waals surface area contributed by atoms with Crippen molar-refractivity contribution in [3.8, 4) is 0 Å². The molecule has 0 aliphatic rings. The smallest absolute Gasteiger partial charge is 0.303 e. The second-order valence-electron chi connectivity index (χ2n) is 1.60. The number of carboxylic acids is 1. The van der Waals surface area contributed by atoms with Crippen molar-refractivity contribution >= 4 is 5.97 Å². The van der Waals surface area contributed by atoms with Crippen molar-refractivity contribution in [2.24, 2.45) is 0 Å². The van der Waals surface area contributed by atoms with Crippen LogP contribution in [-0.4, -0.2) is 34.5 Å². The van der Waals surface area contributed by atoms with Crippen LogP contribution in [0.25, 0.3) is 0 Å². The van der Waals surface area contributed by atoms with Gasteiger partial charge in [0.1, 0.15) is 0 Å². The van der Waals surface area contributed by atoms with Crippen LogP contribution in [0, 0.1) is 0 Å². The standard InChI is InChI=1S/C3H6O2.C3H6.C2H6O2.H3N/c1-2-3(4)5;1-3-2;3-1-2-4;/h2H2,1H3,(H,4,5);3H,1H2,2H3;3-4H,1-2H2;1H3. The Morgan fingerprint density at radius 2 is 1.54 bits per heavy atom. The molecule has 0 rings (SSSR count). The van der Waals surface area contributed by atoms with Gasteiger partial charge in [-0.1, -0.05) is 13.0 Å². The monoisotopic (exact) mass is 195 g/mol. The van der Waals surface area contributed by atoms with Crippen molar-refractivity contribution in [3.63, 3.8) is 0 Å². The van der Waals surface area contributed by atoms with Gasteiger partial charge in [0.25, 0.3) is 0 Å². The fourth-order valence-corrected chi connectivity index (χ4v) is 0. The van der Waals surface area contributed by atoms with Crippen LogP contribution >= 0.6 is 0 Å². The van der Waals surface area contributed by atoms with Crippen LogP contribution in [0.2, 0.25) is 0 Å². The van der Waals surface area contributed by atoms with E-state index in [1.807, 2.05) is 6.92 Å². The topological polar surface area (TPSA) is 113 Å². The largest absolute Gasteiger partial charge is 0.481 e. The molecule has 0 aliphatic heterocycles. The second kappa shape index (κ2) is 30.4. The van der Waals surface area contributed by atoms with Gasteiger partial charge in [-0.15, -0.1) is 6.58 Å². The van der Waals surface area contributed by atoms with Crippen LogP contribution in [0.3, 0.4) is 0 Å². The predicted octanol–water partition coefficient (Wildman–Crippen LogP) is 0.806. The van der Waals surface area contributed by atoms with Crippen molar-refractivity contribution in [3.05, 3.63) is 12.7 Å². The number of aliphatic hydroxyl groups is 2. The first kappa shape index (κ1) is 22.7. The third-order valence-electron chi connectivity index (χ3n) is 0.402. The Balaban J connectivity index is -0.0000000465. The molecule has 6 N–H and O–H groups in total. The Morgan fingerprint density at radius 3 is 1.54 bits per heavy atom. The van der Waals surface area contributed by atoms with Gasteiger partial charge in [0, 0.05) is 6.42 Å². The van der Waals surface area contributed by atoms with Gasteiger partial charge in [-0.3, -0.25) is 4.79 Å². The van der Waals surface area contributed by atoms with E-state index >= 15 is 0 Å². The lowest BCUT2D eigenvalue weighted by atomic mass is 10.5. The summed E-state index contributed by atoms with van der Waals surface area (Å²) in [6.07, 6.45) is 1.97. The van der Waals surface area contributed by atoms with E-state index < -0.39 is 5.97 Å². The molecular formula is C8H21NO4. The first-order valence-electron chi connectivity index (χ1n) is 3.61. The maximum Gasteiger partial charge on any atom is 0.303 e. The molecule has 0 atom stereocenters. The molecule has 0 bridgehead atoms. The van der Waals surface area contributed by atoms with Crippen LogP contribution in [0.1, 0.15) is 20.3 Å². The maximum atomic E-state index is 9.37. The van der Waals surface area contributed by atoms with Gasteiger partial charge in [-0.2, -0.15) is 0 Å². The number of carbonyl (C=O) groups is 1. The first-order valence-corrected chi connectivity index (χ1v) is 3.61. The lowest BCUT2D eigenvalue weighted by molar-refractivity contribution is -0.136. The summed E-state index contributed by atoms with van der Waals surface area (Å²) < 4.78 is 0. The van der Waals surface area contributed by atoms with Gasteiger partial charge in [-0.05, 0) is 6.92 Å². The highest BCUT2D eigenvalue weighted by molar-refractivity contribution is 5.66. The van der Waals surface area contributed by atoms with Crippen LogP contribution in [0.5, 0.6) is 0 Å². The quantitative estimate of drug-likeness (QED) is 0.487. The molecule has 13 heavy (non-hydrogen) atoms. The molecule has 82 valence electrons. The van der Waals surface area contributed by atoms with Crippen molar-refractivity contribution in [1.29, 1.82) is 0 Å². The van der Waals surface area contributed by atoms with Gasteiger partial charge in [-0.25, -0.2) is 0 Å². The number of hydrogen-bond acceptors (Lipinski definition) is 4. The Kier molecular flexibility index (Phi) is 53.2. The minimum absolute atomic E-state index is 0. The average Bonchev–Trinajstić information content (AvgIpc) is 2.06. The molecule has 5 heteroatoms. The maximum absolute atomic E-state index is 9.37. The van der Waals surface area contributed by atoms with E-state index in [2.05, 4.69) is 6.58 Å². The molecule has 0 aromatic heterocycles. The van der Waals surface area contributed by atoms with Crippen molar-refractivity contribution in [2.45, 2.75) is 20.3 Å². The molecule has 0 heterocycles. The summed E-state index contributed by atoms with van der Waals surface area (Å²) in [7, 11) is 0. The van der Waals surface area contributed by atoms with E-state index in [0.717, 1.165) is 0 Å². The molecular weight excluding hydrogens is 174 g/mol. The highest BCUT2D eigenvalue weighted by atomic mass is 16.4. The fourth-order valence-electron chi connectivity index (χ4n) is 0. The van der Waals surface area contributed by atoms with E-state index in [0.29, 0.717) is 0 Å². The summed E-state index contributed by atoms with van der Waals surface area (Å²) in [4.78, 5) is 9.37. The SMILES string of the molecule is C=CC.CCC(=O)O.N.OCCO. The van der Waals surface area contributed by atoms with Gasteiger partial charge >= 0.3 is 5.97 Å². The molecule has 0 aromatic rings. The van der Waals surface area contributed by atoms with Crippen LogP contribution < -0.4 is 6.15 Å². The van der Waals surface area contributed by atoms with Gasteiger partial charge < -0.3 is 21.5 Å². The molecule has 0 spiro atoms. The zero-order valence-corrected chi connectivity index (χ0v) is 8.36. The molecule has 0 saturated carbocycles. The molecule has 0 amide bonds. The summed E-state index contributed by atoms with van der Waals surface area (Å²) in [5.74, 6) is -0.745. The third kappa shape index (κ3) is 210. The lowest BCUT2D eigenvalue weighted by Crippen LogP contribution is -1.86. The molecule has 5 nitrogen and oxygen atoms in total. The minimum Gasteiger partial charge on any atom is -0.481 e. The highest BCUT2D eigenvalue weighted by Gasteiger charge is 1.80. The summed E-state index contributed by atoms with van der Waals surface area (Å²) in [6, 6.07) is 0. The van der Waals surface area contributed by atoms with Gasteiger partial charge in [0.15, 0.2) is 0 Å². The van der Waals surface area contributed by atoms with Crippen molar-refractivity contribution < 1.29 is 20.1 Å². The number of hydrogen-bond donors (Lipinski definition) is 4. The van der Waals surface area contributed by atoms with Crippen LogP contribution in [-0.2, 0) is 4.79 Å². The van der Waals surface area contributed by atoms with Gasteiger partial charge in [0.2, 0.25) is 0 Å². The number of aliphatic carboxylic acids is 1. The highest BCUT2D eigenvalue weighted by Crippen LogP contribution is 1.67. The van der Waals surface area contributed by atoms with E-state index in [1.54, 1.807) is 13.0 Å². The Bertz CT molecular complexity index is 94.1. The second-order valence-corrected chi connectivity index (χ2v) is 1.60. The summed E-state index contributed by atoms with van der Waals surface area (Å²) >= 11 is 0. The molecule has 0 radical (unpaired) electrons. The Hall–Kier alpha value is -0.910. The predicted molar refractivity (Wildman–Crippen MR) is 53.0 cm³/mol. The molecule has 0 fully saturated rings.